The highest BCUT2D eigenvalue weighted by Gasteiger charge is 2.42. The van der Waals surface area contributed by atoms with Gasteiger partial charge in [-0.2, -0.15) is 0 Å². The zero-order chi connectivity index (χ0) is 31.4. The fraction of sp³-hybridized carbons (Fsp3) is 0.636. The molecule has 1 unspecified atom stereocenters. The summed E-state index contributed by atoms with van der Waals surface area (Å²) in [6.07, 6.45) is 8.80. The molecule has 43 heavy (non-hydrogen) atoms. The average Bonchev–Trinajstić information content (AvgIpc) is 2.98. The number of aliphatic hydroxyl groups is 3. The van der Waals surface area contributed by atoms with Crippen LogP contribution in [0.15, 0.2) is 48.3 Å². The third kappa shape index (κ3) is 10.9. The molecule has 1 aromatic rings. The van der Waals surface area contributed by atoms with E-state index in [0.29, 0.717) is 44.1 Å². The summed E-state index contributed by atoms with van der Waals surface area (Å²) in [6, 6.07) is 3.27. The van der Waals surface area contributed by atoms with E-state index < -0.39 is 36.4 Å². The summed E-state index contributed by atoms with van der Waals surface area (Å²) in [6.45, 7) is 6.19. The van der Waals surface area contributed by atoms with Crippen LogP contribution >= 0.6 is 0 Å². The number of aromatic nitrogens is 1. The van der Waals surface area contributed by atoms with Gasteiger partial charge < -0.3 is 29.5 Å². The lowest BCUT2D eigenvalue weighted by molar-refractivity contribution is -0.159. The van der Waals surface area contributed by atoms with Gasteiger partial charge in [0, 0.05) is 24.7 Å². The van der Waals surface area contributed by atoms with E-state index in [2.05, 4.69) is 18.0 Å². The van der Waals surface area contributed by atoms with E-state index in [-0.39, 0.29) is 55.7 Å². The Kier molecular flexibility index (Phi) is 13.8. The normalized spacial score (nSPS) is 25.1. The molecule has 238 valence electrons. The second kappa shape index (κ2) is 17.3. The number of carbonyl (C=O) groups is 3. The predicted molar refractivity (Wildman–Crippen MR) is 159 cm³/mol. The molecule has 0 amide bonds. The number of hydrogen-bond acceptors (Lipinski definition) is 10. The molecule has 0 aliphatic heterocycles. The number of unbranched alkanes of at least 4 members (excludes halogenated alkanes) is 1. The minimum atomic E-state index is -1.05. The molecule has 3 N–H and O–H groups in total. The molecular weight excluding hydrogens is 554 g/mol. The third-order valence-electron chi connectivity index (χ3n) is 8.37. The molecular formula is C33H47NO9. The van der Waals surface area contributed by atoms with E-state index in [1.807, 2.05) is 26.0 Å². The smallest absolute Gasteiger partial charge is 0.339 e. The second-order valence-electron chi connectivity index (χ2n) is 11.8. The van der Waals surface area contributed by atoms with Crippen LogP contribution in [0, 0.1) is 23.7 Å². The highest BCUT2D eigenvalue weighted by Crippen LogP contribution is 2.44. The van der Waals surface area contributed by atoms with Crippen LogP contribution in [-0.4, -0.2) is 75.8 Å². The minimum Gasteiger partial charge on any atom is -0.466 e. The van der Waals surface area contributed by atoms with Crippen molar-refractivity contribution in [2.24, 2.45) is 23.7 Å². The van der Waals surface area contributed by atoms with Crippen molar-refractivity contribution in [1.82, 2.24) is 4.98 Å². The molecule has 1 aromatic heterocycles. The number of fused-ring (bicyclic) bond motifs is 1. The standard InChI is InChI=1S/C33H47NO9/c1-4-21(2)32(39)43-29-18-26(36)16-23-10-9-22(3)28(31(23)29)12-11-25(35)17-27(37)19-30(38)41-14-5-6-15-42-33(40)24-8-7-13-34-20-24/h7-10,13,16,20-22,25-29,31,35-37H,4-6,11-12,14-15,17-19H2,1-3H3/t21-,22-,25+,26+,27+,28-,29-,31?/m0/s1. The lowest BCUT2D eigenvalue weighted by Gasteiger charge is -2.43. The molecule has 0 spiro atoms. The van der Waals surface area contributed by atoms with Gasteiger partial charge in [-0.3, -0.25) is 14.6 Å². The van der Waals surface area contributed by atoms with Gasteiger partial charge in [0.1, 0.15) is 6.10 Å². The van der Waals surface area contributed by atoms with Gasteiger partial charge in [0.2, 0.25) is 0 Å². The Morgan fingerprint density at radius 3 is 2.56 bits per heavy atom. The van der Waals surface area contributed by atoms with Gasteiger partial charge in [-0.25, -0.2) is 4.79 Å². The van der Waals surface area contributed by atoms with Crippen molar-refractivity contribution in [3.05, 3.63) is 53.9 Å². The number of carbonyl (C=O) groups excluding carboxylic acids is 3. The van der Waals surface area contributed by atoms with Crippen LogP contribution in [0.25, 0.3) is 0 Å². The summed E-state index contributed by atoms with van der Waals surface area (Å²) >= 11 is 0. The Bertz CT molecular complexity index is 1100. The maximum absolute atomic E-state index is 12.6. The Balaban J connectivity index is 1.38. The highest BCUT2D eigenvalue weighted by molar-refractivity contribution is 5.88. The first-order chi connectivity index (χ1) is 20.6. The van der Waals surface area contributed by atoms with Crippen LogP contribution in [0.3, 0.4) is 0 Å². The molecule has 0 saturated carbocycles. The highest BCUT2D eigenvalue weighted by atomic mass is 16.5. The summed E-state index contributed by atoms with van der Waals surface area (Å²) in [5.41, 5.74) is 1.32. The molecule has 3 rings (SSSR count). The number of pyridine rings is 1. The van der Waals surface area contributed by atoms with Crippen LogP contribution < -0.4 is 0 Å². The van der Waals surface area contributed by atoms with Gasteiger partial charge in [0.15, 0.2) is 0 Å². The zero-order valence-corrected chi connectivity index (χ0v) is 25.5. The van der Waals surface area contributed by atoms with Crippen LogP contribution in [-0.2, 0) is 23.8 Å². The van der Waals surface area contributed by atoms with Crippen molar-refractivity contribution in [1.29, 1.82) is 0 Å². The van der Waals surface area contributed by atoms with Crippen molar-refractivity contribution < 1.29 is 43.9 Å². The van der Waals surface area contributed by atoms with E-state index in [9.17, 15) is 29.7 Å². The number of nitrogens with zero attached hydrogens (tertiary/aromatic N) is 1. The maximum atomic E-state index is 12.6. The van der Waals surface area contributed by atoms with E-state index in [1.165, 1.54) is 6.20 Å². The first-order valence-corrected chi connectivity index (χ1v) is 15.5. The molecule has 0 aromatic carbocycles. The van der Waals surface area contributed by atoms with E-state index in [4.69, 9.17) is 14.2 Å². The maximum Gasteiger partial charge on any atom is 0.339 e. The van der Waals surface area contributed by atoms with Crippen LogP contribution in [0.1, 0.15) is 82.5 Å². The largest absolute Gasteiger partial charge is 0.466 e. The van der Waals surface area contributed by atoms with Crippen molar-refractivity contribution in [2.75, 3.05) is 13.2 Å². The van der Waals surface area contributed by atoms with Gasteiger partial charge in [-0.1, -0.05) is 39.0 Å². The first-order valence-electron chi connectivity index (χ1n) is 15.5. The molecule has 10 heteroatoms. The summed E-state index contributed by atoms with van der Waals surface area (Å²) in [4.78, 5) is 40.5. The van der Waals surface area contributed by atoms with Gasteiger partial charge in [0.05, 0.1) is 49.4 Å². The van der Waals surface area contributed by atoms with Gasteiger partial charge in [-0.05, 0) is 68.1 Å². The molecule has 8 atom stereocenters. The van der Waals surface area contributed by atoms with Gasteiger partial charge >= 0.3 is 17.9 Å². The van der Waals surface area contributed by atoms with Crippen LogP contribution in [0.2, 0.25) is 0 Å². The lowest BCUT2D eigenvalue weighted by Crippen LogP contribution is -2.43. The molecule has 2 aliphatic carbocycles. The molecule has 0 radical (unpaired) electrons. The molecule has 0 bridgehead atoms. The number of allylic oxidation sites excluding steroid dienone is 2. The monoisotopic (exact) mass is 601 g/mol. The lowest BCUT2D eigenvalue weighted by atomic mass is 9.66. The summed E-state index contributed by atoms with van der Waals surface area (Å²) in [5.74, 6) is -1.32. The average molecular weight is 602 g/mol. The molecule has 0 saturated heterocycles. The predicted octanol–water partition coefficient (Wildman–Crippen LogP) is 3.93. The first kappa shape index (κ1) is 34.4. The minimum absolute atomic E-state index is 0.0365. The Morgan fingerprint density at radius 2 is 1.86 bits per heavy atom. The van der Waals surface area contributed by atoms with E-state index >= 15 is 0 Å². The zero-order valence-electron chi connectivity index (χ0n) is 25.5. The van der Waals surface area contributed by atoms with Gasteiger partial charge in [-0.15, -0.1) is 0 Å². The molecule has 1 heterocycles. The SMILES string of the molecule is CC[C@H](C)C(=O)O[C@H]1C[C@H](O)C=C2C=C[C@H](C)[C@H](CC[C@@H](O)C[C@@H](O)CC(=O)OCCCCOC(=O)c3cccnc3)C21. The Labute approximate surface area is 254 Å². The Morgan fingerprint density at radius 1 is 1.12 bits per heavy atom. The topological polar surface area (TPSA) is 152 Å². The van der Waals surface area contributed by atoms with Crippen molar-refractivity contribution >= 4 is 17.9 Å². The molecule has 10 nitrogen and oxygen atoms in total. The Hall–Kier alpha value is -3.08. The van der Waals surface area contributed by atoms with Gasteiger partial charge in [0.25, 0.3) is 0 Å². The second-order valence-corrected chi connectivity index (χ2v) is 11.8. The number of hydrogen-bond donors (Lipinski definition) is 3. The number of esters is 3. The van der Waals surface area contributed by atoms with Crippen LogP contribution in [0.4, 0.5) is 0 Å². The number of aliphatic hydroxyl groups excluding tert-OH is 3. The van der Waals surface area contributed by atoms with Crippen molar-refractivity contribution in [3.8, 4) is 0 Å². The van der Waals surface area contributed by atoms with Crippen molar-refractivity contribution in [2.45, 2.75) is 96.6 Å². The molecule has 0 fully saturated rings. The third-order valence-corrected chi connectivity index (χ3v) is 8.37. The fourth-order valence-electron chi connectivity index (χ4n) is 5.69. The number of rotatable bonds is 16. The summed E-state index contributed by atoms with van der Waals surface area (Å²) < 4.78 is 16.3. The van der Waals surface area contributed by atoms with Crippen LogP contribution in [0.5, 0.6) is 0 Å². The summed E-state index contributed by atoms with van der Waals surface area (Å²) in [7, 11) is 0. The quantitative estimate of drug-likeness (QED) is 0.144. The summed E-state index contributed by atoms with van der Waals surface area (Å²) in [5, 5.41) is 31.5. The van der Waals surface area contributed by atoms with Crippen molar-refractivity contribution in [3.63, 3.8) is 0 Å². The molecule has 2 aliphatic rings. The fourth-order valence-corrected chi connectivity index (χ4v) is 5.69. The number of ether oxygens (including phenoxy) is 3. The van der Waals surface area contributed by atoms with E-state index in [0.717, 1.165) is 5.57 Å². The van der Waals surface area contributed by atoms with E-state index in [1.54, 1.807) is 18.3 Å².